The number of hydrogen-bond acceptors (Lipinski definition) is 5. The van der Waals surface area contributed by atoms with Gasteiger partial charge in [0.05, 0.1) is 11.7 Å². The Hall–Kier alpha value is -4.43. The molecule has 2 aromatic carbocycles. The molecule has 1 aromatic heterocycles. The van der Waals surface area contributed by atoms with Crippen molar-refractivity contribution >= 4 is 18.0 Å². The van der Waals surface area contributed by atoms with Gasteiger partial charge in [0.25, 0.3) is 11.8 Å². The van der Waals surface area contributed by atoms with Gasteiger partial charge in [0.2, 0.25) is 0 Å². The number of aliphatic imine (C=N–C) groups is 1. The first-order valence-corrected chi connectivity index (χ1v) is 13.0. The average molecular weight is 525 g/mol. The van der Waals surface area contributed by atoms with Crippen LogP contribution >= 0.6 is 0 Å². The number of benzene rings is 2. The molecule has 8 heteroatoms. The van der Waals surface area contributed by atoms with Gasteiger partial charge in [-0.25, -0.2) is 0 Å². The fraction of sp³-hybridized carbons (Fsp3) is 0.258. The Kier molecular flexibility index (Phi) is 9.12. The summed E-state index contributed by atoms with van der Waals surface area (Å²) in [6, 6.07) is 24.1. The third-order valence-electron chi connectivity index (χ3n) is 6.85. The van der Waals surface area contributed by atoms with Crippen LogP contribution < -0.4 is 11.1 Å². The van der Waals surface area contributed by atoms with E-state index in [9.17, 15) is 9.59 Å². The van der Waals surface area contributed by atoms with E-state index in [0.717, 1.165) is 16.8 Å². The number of nitrogens with one attached hydrogen (secondary N) is 2. The van der Waals surface area contributed by atoms with Crippen molar-refractivity contribution in [2.75, 3.05) is 33.2 Å². The molecule has 2 amide bonds. The maximum Gasteiger partial charge on any atom is 0.267 e. The van der Waals surface area contributed by atoms with E-state index >= 15 is 0 Å². The maximum absolute atomic E-state index is 13.3. The Balaban J connectivity index is 1.62. The number of aromatic amines is 1. The quantitative estimate of drug-likeness (QED) is 0.226. The van der Waals surface area contributed by atoms with Crippen molar-refractivity contribution in [1.82, 2.24) is 20.1 Å². The third-order valence-corrected chi connectivity index (χ3v) is 6.85. The van der Waals surface area contributed by atoms with Crippen molar-refractivity contribution in [3.8, 4) is 0 Å². The summed E-state index contributed by atoms with van der Waals surface area (Å²) in [6.07, 6.45) is 3.03. The summed E-state index contributed by atoms with van der Waals surface area (Å²) < 4.78 is 0. The summed E-state index contributed by atoms with van der Waals surface area (Å²) in [4.78, 5) is 37.4. The van der Waals surface area contributed by atoms with Crippen molar-refractivity contribution in [3.05, 3.63) is 119 Å². The van der Waals surface area contributed by atoms with Crippen LogP contribution in [-0.2, 0) is 4.79 Å². The zero-order valence-electron chi connectivity index (χ0n) is 22.5. The second-order valence-corrected chi connectivity index (χ2v) is 9.69. The third kappa shape index (κ3) is 6.91. The second kappa shape index (κ2) is 12.9. The Morgan fingerprint density at radius 2 is 1.72 bits per heavy atom. The Labute approximate surface area is 229 Å². The minimum Gasteiger partial charge on any atom is -0.397 e. The molecule has 202 valence electrons. The molecule has 3 aromatic rings. The van der Waals surface area contributed by atoms with E-state index in [1.165, 1.54) is 6.21 Å². The van der Waals surface area contributed by atoms with Gasteiger partial charge in [-0.2, -0.15) is 0 Å². The van der Waals surface area contributed by atoms with E-state index in [2.05, 4.69) is 51.0 Å². The number of hydrogen-bond donors (Lipinski definition) is 3. The number of rotatable bonds is 9. The van der Waals surface area contributed by atoms with Crippen LogP contribution in [0.2, 0.25) is 0 Å². The fourth-order valence-electron chi connectivity index (χ4n) is 5.02. The average Bonchev–Trinajstić information content (AvgIpc) is 3.39. The number of carbonyl (C=O) groups is 2. The summed E-state index contributed by atoms with van der Waals surface area (Å²) in [5, 5.41) is 3.09. The smallest absolute Gasteiger partial charge is 0.267 e. The first-order valence-electron chi connectivity index (χ1n) is 13.0. The monoisotopic (exact) mass is 524 g/mol. The zero-order chi connectivity index (χ0) is 27.8. The summed E-state index contributed by atoms with van der Waals surface area (Å²) in [5.74, 6) is -0.365. The molecule has 0 radical (unpaired) electrons. The highest BCUT2D eigenvalue weighted by atomic mass is 16.2. The Bertz CT molecular complexity index is 1310. The first kappa shape index (κ1) is 27.6. The molecule has 1 unspecified atom stereocenters. The summed E-state index contributed by atoms with van der Waals surface area (Å²) in [5.41, 5.74) is 10.3. The lowest BCUT2D eigenvalue weighted by molar-refractivity contribution is -0.130. The number of nitrogens with two attached hydrogens (primary N) is 1. The summed E-state index contributed by atoms with van der Waals surface area (Å²) in [7, 11) is 1.62. The molecule has 1 aliphatic heterocycles. The number of allylic oxidation sites excluding steroid dienone is 1. The van der Waals surface area contributed by atoms with Gasteiger partial charge in [-0.1, -0.05) is 67.2 Å². The Morgan fingerprint density at radius 3 is 2.28 bits per heavy atom. The number of aryl methyl sites for hydroxylation is 1. The molecular formula is C31H36N6O2. The minimum atomic E-state index is -0.186. The molecule has 4 rings (SSSR count). The van der Waals surface area contributed by atoms with E-state index in [1.54, 1.807) is 24.1 Å². The van der Waals surface area contributed by atoms with E-state index in [1.807, 2.05) is 49.4 Å². The van der Waals surface area contributed by atoms with Gasteiger partial charge in [0.15, 0.2) is 0 Å². The summed E-state index contributed by atoms with van der Waals surface area (Å²) >= 11 is 0. The molecular weight excluding hydrogens is 488 g/mol. The number of amides is 2. The number of nitrogens with zero attached hydrogens (tertiary/aromatic N) is 3. The summed E-state index contributed by atoms with van der Waals surface area (Å²) in [6.45, 7) is 7.78. The van der Waals surface area contributed by atoms with E-state index < -0.39 is 0 Å². The highest BCUT2D eigenvalue weighted by molar-refractivity contribution is 5.97. The van der Waals surface area contributed by atoms with Crippen LogP contribution in [0.3, 0.4) is 0 Å². The molecule has 8 nitrogen and oxygen atoms in total. The molecule has 2 heterocycles. The van der Waals surface area contributed by atoms with Crippen molar-refractivity contribution < 1.29 is 9.59 Å². The normalized spacial score (nSPS) is 16.5. The van der Waals surface area contributed by atoms with Gasteiger partial charge in [0, 0.05) is 56.8 Å². The molecule has 4 N–H and O–H groups in total. The molecule has 39 heavy (non-hydrogen) atoms. The molecule has 1 aliphatic rings. The van der Waals surface area contributed by atoms with Crippen molar-refractivity contribution in [2.24, 2.45) is 10.7 Å². The number of piperazine rings is 1. The van der Waals surface area contributed by atoms with Gasteiger partial charge >= 0.3 is 0 Å². The van der Waals surface area contributed by atoms with Gasteiger partial charge in [-0.3, -0.25) is 19.5 Å². The predicted molar refractivity (Wildman–Crippen MR) is 155 cm³/mol. The van der Waals surface area contributed by atoms with Crippen LogP contribution in [0.1, 0.15) is 33.4 Å². The van der Waals surface area contributed by atoms with Gasteiger partial charge < -0.3 is 20.9 Å². The Morgan fingerprint density at radius 1 is 1.08 bits per heavy atom. The van der Waals surface area contributed by atoms with Crippen molar-refractivity contribution in [3.63, 3.8) is 0 Å². The van der Waals surface area contributed by atoms with E-state index in [-0.39, 0.29) is 23.9 Å². The highest BCUT2D eigenvalue weighted by Gasteiger charge is 2.35. The predicted octanol–water partition coefficient (Wildman–Crippen LogP) is 3.45. The van der Waals surface area contributed by atoms with Crippen LogP contribution in [0.25, 0.3) is 0 Å². The lowest BCUT2D eigenvalue weighted by Gasteiger charge is -2.45. The van der Waals surface area contributed by atoms with Gasteiger partial charge in [0.1, 0.15) is 5.69 Å². The number of H-pyrrole nitrogens is 1. The highest BCUT2D eigenvalue weighted by Crippen LogP contribution is 2.32. The van der Waals surface area contributed by atoms with Gasteiger partial charge in [-0.05, 0) is 36.3 Å². The number of aromatic nitrogens is 1. The molecule has 0 aliphatic carbocycles. The van der Waals surface area contributed by atoms with Gasteiger partial charge in [-0.15, -0.1) is 0 Å². The largest absolute Gasteiger partial charge is 0.397 e. The standard InChI is InChI=1S/C31H36N6O2/c1-22(18-26(32)19-33-3)31(39)36-16-17-37(27(21-36)20-34-30(38)28-15-14-23(2)35-28)29(24-10-6-4-7-11-24)25-12-8-5-9-13-25/h4-15,18-19,27,29,35H,1,16-17,20-21,32H2,2-3H3,(H,34,38)/b26-18+,33-19?. The van der Waals surface area contributed by atoms with Crippen LogP contribution in [0.15, 0.2) is 102 Å². The topological polar surface area (TPSA) is 107 Å². The molecule has 1 fully saturated rings. The lowest BCUT2D eigenvalue weighted by atomic mass is 9.94. The van der Waals surface area contributed by atoms with Crippen molar-refractivity contribution in [2.45, 2.75) is 19.0 Å². The molecule has 0 spiro atoms. The molecule has 0 saturated carbocycles. The SMILES string of the molecule is C=C(/C=C(/N)C=NC)C(=O)N1CCN(C(c2ccccc2)c2ccccc2)C(CNC(=O)c2ccc(C)[nH]2)C1. The molecule has 1 atom stereocenters. The maximum atomic E-state index is 13.3. The van der Waals surface area contributed by atoms with Crippen LogP contribution in [0, 0.1) is 6.92 Å². The van der Waals surface area contributed by atoms with Crippen LogP contribution in [-0.4, -0.2) is 72.1 Å². The fourth-order valence-corrected chi connectivity index (χ4v) is 5.02. The molecule has 1 saturated heterocycles. The molecule has 0 bridgehead atoms. The van der Waals surface area contributed by atoms with Crippen LogP contribution in [0.5, 0.6) is 0 Å². The van der Waals surface area contributed by atoms with Crippen molar-refractivity contribution in [1.29, 1.82) is 0 Å². The van der Waals surface area contributed by atoms with E-state index in [4.69, 9.17) is 5.73 Å². The first-order chi connectivity index (χ1) is 18.9. The zero-order valence-corrected chi connectivity index (χ0v) is 22.5. The minimum absolute atomic E-state index is 0.0428. The van der Waals surface area contributed by atoms with Crippen LogP contribution in [0.4, 0.5) is 0 Å². The second-order valence-electron chi connectivity index (χ2n) is 9.69. The van der Waals surface area contributed by atoms with E-state index in [0.29, 0.717) is 43.1 Å². The number of carbonyl (C=O) groups excluding carboxylic acids is 2. The lowest BCUT2D eigenvalue weighted by Crippen LogP contribution is -2.59.